The molecule has 0 saturated carbocycles. The average Bonchev–Trinajstić information content (AvgIpc) is 3.06. The number of rotatable bonds is 7. The second-order valence-electron chi connectivity index (χ2n) is 5.88. The van der Waals surface area contributed by atoms with Crippen LogP contribution in [0.15, 0.2) is 47.0 Å². The van der Waals surface area contributed by atoms with Gasteiger partial charge in [-0.15, -0.1) is 0 Å². The van der Waals surface area contributed by atoms with Crippen molar-refractivity contribution in [3.8, 4) is 11.5 Å². The van der Waals surface area contributed by atoms with Crippen LogP contribution < -0.4 is 9.47 Å². The van der Waals surface area contributed by atoms with Crippen molar-refractivity contribution in [2.45, 2.75) is 13.5 Å². The molecular formula is C20H17IN2O5. The Hall–Kier alpha value is -2.88. The molecule has 8 heteroatoms. The van der Waals surface area contributed by atoms with E-state index in [4.69, 9.17) is 14.0 Å². The fourth-order valence-electron chi connectivity index (χ4n) is 2.59. The Morgan fingerprint density at radius 3 is 2.68 bits per heavy atom. The van der Waals surface area contributed by atoms with E-state index in [1.165, 1.54) is 13.0 Å². The van der Waals surface area contributed by atoms with Gasteiger partial charge in [-0.05, 0) is 58.9 Å². The molecular weight excluding hydrogens is 475 g/mol. The van der Waals surface area contributed by atoms with E-state index in [1.807, 2.05) is 36.4 Å². The maximum atomic E-state index is 11.1. The lowest BCUT2D eigenvalue weighted by Gasteiger charge is -2.13. The van der Waals surface area contributed by atoms with Gasteiger partial charge in [0.1, 0.15) is 6.61 Å². The Morgan fingerprint density at radius 1 is 1.25 bits per heavy atom. The normalized spacial score (nSPS) is 11.0. The Kier molecular flexibility index (Phi) is 6.30. The number of halogens is 1. The third-order valence-corrected chi connectivity index (χ3v) is 4.75. The molecule has 7 nitrogen and oxygen atoms in total. The van der Waals surface area contributed by atoms with Crippen molar-refractivity contribution in [3.05, 3.63) is 78.7 Å². The second-order valence-corrected chi connectivity index (χ2v) is 7.04. The molecule has 0 bridgehead atoms. The summed E-state index contributed by atoms with van der Waals surface area (Å²) in [5.74, 6) is 1.32. The number of nitrogens with zero attached hydrogens (tertiary/aromatic N) is 2. The number of aromatic nitrogens is 1. The molecule has 2 aromatic carbocycles. The van der Waals surface area contributed by atoms with E-state index in [0.717, 1.165) is 14.7 Å². The first-order valence-corrected chi connectivity index (χ1v) is 9.40. The van der Waals surface area contributed by atoms with Crippen LogP contribution in [0.2, 0.25) is 0 Å². The number of aryl methyl sites for hydroxylation is 1. The SMILES string of the molecule is COc1cc(C=Cc2onc(C)c2[N+](=O)[O-])cc(I)c1OCc1ccccc1. The molecule has 0 saturated heterocycles. The summed E-state index contributed by atoms with van der Waals surface area (Å²) in [5, 5.41) is 14.8. The molecule has 0 fully saturated rings. The van der Waals surface area contributed by atoms with Crippen molar-refractivity contribution < 1.29 is 18.9 Å². The van der Waals surface area contributed by atoms with E-state index in [1.54, 1.807) is 19.3 Å². The van der Waals surface area contributed by atoms with Crippen molar-refractivity contribution in [1.29, 1.82) is 0 Å². The Bertz CT molecular complexity index is 1010. The zero-order valence-electron chi connectivity index (χ0n) is 15.2. The zero-order chi connectivity index (χ0) is 20.1. The molecule has 3 rings (SSSR count). The smallest absolute Gasteiger partial charge is 0.338 e. The van der Waals surface area contributed by atoms with Crippen LogP contribution in [0.4, 0.5) is 5.69 Å². The number of methoxy groups -OCH3 is 1. The highest BCUT2D eigenvalue weighted by Gasteiger charge is 2.22. The van der Waals surface area contributed by atoms with Crippen molar-refractivity contribution >= 4 is 40.4 Å². The Balaban J connectivity index is 1.84. The van der Waals surface area contributed by atoms with Gasteiger partial charge in [0.05, 0.1) is 15.6 Å². The van der Waals surface area contributed by atoms with Gasteiger partial charge in [-0.1, -0.05) is 41.6 Å². The van der Waals surface area contributed by atoms with E-state index >= 15 is 0 Å². The molecule has 0 amide bonds. The quantitative estimate of drug-likeness (QED) is 0.254. The topological polar surface area (TPSA) is 87.6 Å². The average molecular weight is 492 g/mol. The van der Waals surface area contributed by atoms with Gasteiger partial charge in [-0.25, -0.2) is 0 Å². The van der Waals surface area contributed by atoms with Crippen LogP contribution in [0.5, 0.6) is 11.5 Å². The summed E-state index contributed by atoms with van der Waals surface area (Å²) in [4.78, 5) is 10.6. The first-order chi connectivity index (χ1) is 13.5. The third-order valence-electron chi connectivity index (χ3n) is 3.94. The summed E-state index contributed by atoms with van der Waals surface area (Å²) in [6.45, 7) is 1.95. The highest BCUT2D eigenvalue weighted by Crippen LogP contribution is 2.35. The molecule has 0 N–H and O–H groups in total. The molecule has 3 aromatic rings. The number of ether oxygens (including phenoxy) is 2. The highest BCUT2D eigenvalue weighted by atomic mass is 127. The molecule has 1 heterocycles. The lowest BCUT2D eigenvalue weighted by molar-refractivity contribution is -0.386. The first kappa shape index (κ1) is 19.9. The summed E-state index contributed by atoms with van der Waals surface area (Å²) < 4.78 is 17.3. The number of hydrogen-bond donors (Lipinski definition) is 0. The lowest BCUT2D eigenvalue weighted by atomic mass is 10.1. The van der Waals surface area contributed by atoms with Gasteiger partial charge < -0.3 is 14.0 Å². The van der Waals surface area contributed by atoms with E-state index in [2.05, 4.69) is 27.7 Å². The van der Waals surface area contributed by atoms with Crippen LogP contribution in [-0.4, -0.2) is 17.2 Å². The van der Waals surface area contributed by atoms with Crippen molar-refractivity contribution in [1.82, 2.24) is 5.16 Å². The molecule has 0 atom stereocenters. The van der Waals surface area contributed by atoms with Crippen LogP contribution >= 0.6 is 22.6 Å². The van der Waals surface area contributed by atoms with Gasteiger partial charge in [0.2, 0.25) is 5.76 Å². The lowest BCUT2D eigenvalue weighted by Crippen LogP contribution is -2.00. The second kappa shape index (κ2) is 8.87. The van der Waals surface area contributed by atoms with E-state index in [9.17, 15) is 10.1 Å². The van der Waals surface area contributed by atoms with Gasteiger partial charge in [0, 0.05) is 0 Å². The third kappa shape index (κ3) is 4.50. The summed E-state index contributed by atoms with van der Waals surface area (Å²) >= 11 is 2.17. The molecule has 0 aliphatic heterocycles. The summed E-state index contributed by atoms with van der Waals surface area (Å²) in [7, 11) is 1.57. The van der Waals surface area contributed by atoms with Crippen LogP contribution in [0.25, 0.3) is 12.2 Å². The van der Waals surface area contributed by atoms with Crippen LogP contribution in [-0.2, 0) is 6.61 Å². The van der Waals surface area contributed by atoms with Gasteiger partial charge >= 0.3 is 5.69 Å². The van der Waals surface area contributed by atoms with Crippen LogP contribution in [0.3, 0.4) is 0 Å². The first-order valence-electron chi connectivity index (χ1n) is 8.32. The van der Waals surface area contributed by atoms with E-state index in [0.29, 0.717) is 18.1 Å². The molecule has 1 aromatic heterocycles. The van der Waals surface area contributed by atoms with Crippen LogP contribution in [0.1, 0.15) is 22.6 Å². The molecule has 0 spiro atoms. The summed E-state index contributed by atoms with van der Waals surface area (Å²) in [6, 6.07) is 13.5. The van der Waals surface area contributed by atoms with Crippen LogP contribution in [0, 0.1) is 20.6 Å². The summed E-state index contributed by atoms with van der Waals surface area (Å²) in [6.07, 6.45) is 3.23. The number of hydrogen-bond acceptors (Lipinski definition) is 6. The van der Waals surface area contributed by atoms with Gasteiger partial charge in [-0.3, -0.25) is 10.1 Å². The zero-order valence-corrected chi connectivity index (χ0v) is 17.4. The standard InChI is InChI=1S/C20H17IN2O5/c1-13-19(23(24)25)17(28-22-13)9-8-15-10-16(21)20(18(11-15)26-2)27-12-14-6-4-3-5-7-14/h3-11H,12H2,1-2H3. The number of benzene rings is 2. The van der Waals surface area contributed by atoms with Gasteiger partial charge in [0.15, 0.2) is 17.2 Å². The minimum Gasteiger partial charge on any atom is -0.493 e. The van der Waals surface area contributed by atoms with Gasteiger partial charge in [0.25, 0.3) is 0 Å². The minimum absolute atomic E-state index is 0.0980. The molecule has 144 valence electrons. The van der Waals surface area contributed by atoms with E-state index in [-0.39, 0.29) is 17.1 Å². The summed E-state index contributed by atoms with van der Waals surface area (Å²) in [5.41, 5.74) is 1.94. The molecule has 0 radical (unpaired) electrons. The molecule has 0 aliphatic carbocycles. The van der Waals surface area contributed by atoms with Gasteiger partial charge in [-0.2, -0.15) is 0 Å². The molecule has 28 heavy (non-hydrogen) atoms. The molecule has 0 unspecified atom stereocenters. The minimum atomic E-state index is -0.504. The maximum absolute atomic E-state index is 11.1. The Labute approximate surface area is 175 Å². The Morgan fingerprint density at radius 2 is 2.00 bits per heavy atom. The van der Waals surface area contributed by atoms with Crippen molar-refractivity contribution in [2.24, 2.45) is 0 Å². The number of nitro groups is 1. The highest BCUT2D eigenvalue weighted by molar-refractivity contribution is 14.1. The van der Waals surface area contributed by atoms with Crippen molar-refractivity contribution in [2.75, 3.05) is 7.11 Å². The van der Waals surface area contributed by atoms with Crippen molar-refractivity contribution in [3.63, 3.8) is 0 Å². The fourth-order valence-corrected chi connectivity index (χ4v) is 3.37. The predicted octanol–water partition coefficient (Wildman–Crippen LogP) is 5.25. The fraction of sp³-hybridized carbons (Fsp3) is 0.150. The maximum Gasteiger partial charge on any atom is 0.338 e. The van der Waals surface area contributed by atoms with E-state index < -0.39 is 4.92 Å². The largest absolute Gasteiger partial charge is 0.493 e. The molecule has 0 aliphatic rings. The predicted molar refractivity (Wildman–Crippen MR) is 113 cm³/mol. The monoisotopic (exact) mass is 492 g/mol.